The van der Waals surface area contributed by atoms with Crippen LogP contribution in [0.1, 0.15) is 16.1 Å². The van der Waals surface area contributed by atoms with E-state index >= 15 is 0 Å². The van der Waals surface area contributed by atoms with Crippen molar-refractivity contribution in [2.45, 2.75) is 6.42 Å². The van der Waals surface area contributed by atoms with Crippen LogP contribution in [-0.4, -0.2) is 55.2 Å². The van der Waals surface area contributed by atoms with Crippen LogP contribution in [0.4, 0.5) is 17.3 Å². The Morgan fingerprint density at radius 1 is 0.973 bits per heavy atom. The molecule has 0 fully saturated rings. The van der Waals surface area contributed by atoms with E-state index in [4.69, 9.17) is 0 Å². The van der Waals surface area contributed by atoms with Gasteiger partial charge in [-0.3, -0.25) is 9.89 Å². The highest BCUT2D eigenvalue weighted by Crippen LogP contribution is 2.25. The molecular formula is C27H23N9O. The number of benzene rings is 2. The van der Waals surface area contributed by atoms with Crippen molar-refractivity contribution in [2.24, 2.45) is 0 Å². The highest BCUT2D eigenvalue weighted by atomic mass is 16.1. The molecule has 2 aromatic carbocycles. The summed E-state index contributed by atoms with van der Waals surface area (Å²) in [7, 11) is 3.78. The molecule has 0 saturated carbocycles. The second kappa shape index (κ2) is 9.15. The van der Waals surface area contributed by atoms with Gasteiger partial charge < -0.3 is 15.2 Å². The molecule has 0 radical (unpaired) electrons. The Hall–Kier alpha value is -5.12. The zero-order valence-corrected chi connectivity index (χ0v) is 20.2. The van der Waals surface area contributed by atoms with Gasteiger partial charge >= 0.3 is 0 Å². The van der Waals surface area contributed by atoms with Gasteiger partial charge in [-0.2, -0.15) is 10.2 Å². The fourth-order valence-corrected chi connectivity index (χ4v) is 4.14. The Bertz CT molecular complexity index is 1750. The number of nitrogens with one attached hydrogen (secondary N) is 3. The zero-order chi connectivity index (χ0) is 25.4. The van der Waals surface area contributed by atoms with Crippen molar-refractivity contribution >= 4 is 44.9 Å². The summed E-state index contributed by atoms with van der Waals surface area (Å²) in [5, 5.41) is 20.4. The maximum absolute atomic E-state index is 13.0. The molecule has 0 aliphatic carbocycles. The Morgan fingerprint density at radius 2 is 1.89 bits per heavy atom. The summed E-state index contributed by atoms with van der Waals surface area (Å²) in [4.78, 5) is 27.2. The van der Waals surface area contributed by atoms with Crippen LogP contribution in [0.15, 0.2) is 73.2 Å². The van der Waals surface area contributed by atoms with E-state index < -0.39 is 0 Å². The molecule has 10 nitrogen and oxygen atoms in total. The molecule has 6 aromatic rings. The number of ketones is 1. The Balaban J connectivity index is 1.23. The number of rotatable bonds is 7. The van der Waals surface area contributed by atoms with E-state index in [0.717, 1.165) is 38.6 Å². The van der Waals surface area contributed by atoms with Crippen LogP contribution < -0.4 is 10.2 Å². The average Bonchev–Trinajstić information content (AvgIpc) is 3.55. The fourth-order valence-electron chi connectivity index (χ4n) is 4.14. The maximum Gasteiger partial charge on any atom is 0.183 e. The number of H-pyrrole nitrogens is 2. The first-order chi connectivity index (χ1) is 18.0. The van der Waals surface area contributed by atoms with Crippen molar-refractivity contribution in [1.82, 2.24) is 35.3 Å². The van der Waals surface area contributed by atoms with Crippen molar-refractivity contribution in [3.05, 3.63) is 84.4 Å². The topological polar surface area (TPSA) is 128 Å². The molecule has 3 N–H and O–H groups in total. The minimum atomic E-state index is -0.0208. The number of nitrogens with zero attached hydrogens (tertiary/aromatic N) is 6. The summed E-state index contributed by atoms with van der Waals surface area (Å²) in [6.07, 6.45) is 5.36. The first-order valence-electron chi connectivity index (χ1n) is 11.7. The van der Waals surface area contributed by atoms with Crippen LogP contribution >= 0.6 is 0 Å². The lowest BCUT2D eigenvalue weighted by molar-refractivity contribution is 0.0989. The number of Topliss-reactive ketones (excluding diaryl/α,β-unsaturated/α-hetero) is 1. The number of aromatic amines is 2. The number of carbonyl (C=O) groups is 1. The second-order valence-electron chi connectivity index (χ2n) is 8.96. The van der Waals surface area contributed by atoms with Crippen LogP contribution in [0, 0.1) is 0 Å². The van der Waals surface area contributed by atoms with Crippen molar-refractivity contribution in [3.63, 3.8) is 0 Å². The number of aromatic nitrogens is 7. The van der Waals surface area contributed by atoms with E-state index in [9.17, 15) is 4.79 Å². The molecular weight excluding hydrogens is 466 g/mol. The highest BCUT2D eigenvalue weighted by Gasteiger charge is 2.13. The number of anilines is 3. The SMILES string of the molecule is CN(C)c1cc(CC(=O)c2cc3ccc(-c4nccc(Nc5ccc6[nH]ncc6c5)n4)cc3[nH]2)cnn1. The molecule has 37 heavy (non-hydrogen) atoms. The molecule has 0 aliphatic rings. The molecule has 0 atom stereocenters. The predicted octanol–water partition coefficient (Wildman–Crippen LogP) is 4.53. The number of carbonyl (C=O) groups excluding carboxylic acids is 1. The molecule has 182 valence electrons. The van der Waals surface area contributed by atoms with Gasteiger partial charge in [-0.05, 0) is 48.0 Å². The molecule has 0 unspecified atom stereocenters. The Labute approximate surface area is 211 Å². The molecule has 0 spiro atoms. The van der Waals surface area contributed by atoms with Gasteiger partial charge in [0, 0.05) is 54.3 Å². The summed E-state index contributed by atoms with van der Waals surface area (Å²) < 4.78 is 0. The second-order valence-corrected chi connectivity index (χ2v) is 8.96. The van der Waals surface area contributed by atoms with Gasteiger partial charge in [-0.1, -0.05) is 12.1 Å². The van der Waals surface area contributed by atoms with E-state index in [2.05, 4.69) is 40.7 Å². The lowest BCUT2D eigenvalue weighted by Crippen LogP contribution is -2.12. The summed E-state index contributed by atoms with van der Waals surface area (Å²) in [6.45, 7) is 0. The van der Waals surface area contributed by atoms with E-state index in [1.165, 1.54) is 0 Å². The minimum absolute atomic E-state index is 0.0208. The summed E-state index contributed by atoms with van der Waals surface area (Å²) in [6, 6.07) is 17.4. The predicted molar refractivity (Wildman–Crippen MR) is 143 cm³/mol. The lowest BCUT2D eigenvalue weighted by Gasteiger charge is -2.10. The molecule has 0 bridgehead atoms. The van der Waals surface area contributed by atoms with E-state index in [1.807, 2.05) is 73.6 Å². The van der Waals surface area contributed by atoms with Crippen molar-refractivity contribution in [2.75, 3.05) is 24.3 Å². The van der Waals surface area contributed by atoms with Crippen molar-refractivity contribution in [3.8, 4) is 11.4 Å². The molecule has 4 aromatic heterocycles. The third kappa shape index (κ3) is 4.59. The smallest absolute Gasteiger partial charge is 0.183 e. The summed E-state index contributed by atoms with van der Waals surface area (Å²) in [5.74, 6) is 1.95. The van der Waals surface area contributed by atoms with Gasteiger partial charge in [0.2, 0.25) is 0 Å². The van der Waals surface area contributed by atoms with Crippen LogP contribution in [0.25, 0.3) is 33.2 Å². The van der Waals surface area contributed by atoms with Crippen molar-refractivity contribution in [1.29, 1.82) is 0 Å². The minimum Gasteiger partial charge on any atom is -0.361 e. The number of fused-ring (bicyclic) bond motifs is 2. The summed E-state index contributed by atoms with van der Waals surface area (Å²) in [5.41, 5.74) is 4.92. The van der Waals surface area contributed by atoms with E-state index in [-0.39, 0.29) is 12.2 Å². The van der Waals surface area contributed by atoms with Crippen LogP contribution in [-0.2, 0) is 6.42 Å². The Kier molecular flexibility index (Phi) is 5.53. The van der Waals surface area contributed by atoms with Gasteiger partial charge in [-0.25, -0.2) is 9.97 Å². The lowest BCUT2D eigenvalue weighted by atomic mass is 10.1. The molecule has 0 aliphatic heterocycles. The van der Waals surface area contributed by atoms with E-state index in [1.54, 1.807) is 18.6 Å². The monoisotopic (exact) mass is 489 g/mol. The molecule has 6 rings (SSSR count). The molecule has 0 saturated heterocycles. The highest BCUT2D eigenvalue weighted by molar-refractivity contribution is 6.01. The average molecular weight is 490 g/mol. The first-order valence-corrected chi connectivity index (χ1v) is 11.7. The van der Waals surface area contributed by atoms with Crippen LogP contribution in [0.5, 0.6) is 0 Å². The fraction of sp³-hybridized carbons (Fsp3) is 0.111. The van der Waals surface area contributed by atoms with Gasteiger partial charge in [-0.15, -0.1) is 5.10 Å². The van der Waals surface area contributed by atoms with E-state index in [0.29, 0.717) is 23.2 Å². The molecule has 10 heteroatoms. The van der Waals surface area contributed by atoms with Gasteiger partial charge in [0.15, 0.2) is 17.4 Å². The van der Waals surface area contributed by atoms with Crippen LogP contribution in [0.3, 0.4) is 0 Å². The summed E-state index contributed by atoms with van der Waals surface area (Å²) >= 11 is 0. The first kappa shape index (κ1) is 22.4. The van der Waals surface area contributed by atoms with Gasteiger partial charge in [0.05, 0.1) is 23.6 Å². The third-order valence-electron chi connectivity index (χ3n) is 6.07. The van der Waals surface area contributed by atoms with Crippen LogP contribution in [0.2, 0.25) is 0 Å². The van der Waals surface area contributed by atoms with Crippen molar-refractivity contribution < 1.29 is 4.79 Å². The number of hydrogen-bond acceptors (Lipinski definition) is 8. The Morgan fingerprint density at radius 3 is 2.78 bits per heavy atom. The third-order valence-corrected chi connectivity index (χ3v) is 6.07. The standard InChI is InChI=1S/C27H23N9O/c1-36(2)26-10-16(14-29-35-26)9-24(37)23-12-17-3-4-18(13-22(17)32-23)27-28-8-7-25(33-27)31-20-5-6-21-19(11-20)15-30-34-21/h3-8,10-15,32H,9H2,1-2H3,(H,30,34)(H,28,31,33). The molecule has 0 amide bonds. The normalized spacial score (nSPS) is 11.2. The largest absolute Gasteiger partial charge is 0.361 e. The zero-order valence-electron chi connectivity index (χ0n) is 20.2. The van der Waals surface area contributed by atoms with Gasteiger partial charge in [0.1, 0.15) is 5.82 Å². The number of hydrogen-bond donors (Lipinski definition) is 3. The molecule has 4 heterocycles. The maximum atomic E-state index is 13.0. The quantitative estimate of drug-likeness (QED) is 0.279. The van der Waals surface area contributed by atoms with Gasteiger partial charge in [0.25, 0.3) is 0 Å².